The Morgan fingerprint density at radius 3 is 1.43 bits per heavy atom. The van der Waals surface area contributed by atoms with Gasteiger partial charge >= 0.3 is 26.2 Å². The van der Waals surface area contributed by atoms with E-state index in [-0.39, 0.29) is 0 Å². The van der Waals surface area contributed by atoms with Crippen molar-refractivity contribution in [2.24, 2.45) is 0 Å². The molecule has 2 nitrogen and oxygen atoms in total. The van der Waals surface area contributed by atoms with Gasteiger partial charge in [-0.2, -0.15) is 0 Å². The second-order valence-corrected chi connectivity index (χ2v) is 8.52. The summed E-state index contributed by atoms with van der Waals surface area (Å²) in [4.78, 5) is 0. The van der Waals surface area contributed by atoms with Gasteiger partial charge in [-0.25, -0.2) is 4.70 Å². The van der Waals surface area contributed by atoms with Crippen LogP contribution < -0.4 is 0 Å². The molecule has 0 bridgehead atoms. The maximum absolute atomic E-state index is 11.1. The van der Waals surface area contributed by atoms with Crippen LogP contribution in [0.4, 0.5) is 0 Å². The fourth-order valence-electron chi connectivity index (χ4n) is 4.01. The first-order chi connectivity index (χ1) is 13.2. The van der Waals surface area contributed by atoms with E-state index in [0.29, 0.717) is 0 Å². The summed E-state index contributed by atoms with van der Waals surface area (Å²) in [6.45, 7) is 12.7. The molecule has 0 aliphatic carbocycles. The quantitative estimate of drug-likeness (QED) is 0.360. The number of benzene rings is 2. The van der Waals surface area contributed by atoms with Gasteiger partial charge in [-0.05, 0) is 65.3 Å². The Bertz CT molecular complexity index is 924. The van der Waals surface area contributed by atoms with Crippen molar-refractivity contribution < 1.29 is 19.1 Å². The molecule has 2 aromatic rings. The van der Waals surface area contributed by atoms with Crippen molar-refractivity contribution in [3.8, 4) is 0 Å². The second-order valence-electron chi connectivity index (χ2n) is 7.54. The van der Waals surface area contributed by atoms with Crippen LogP contribution in [0.1, 0.15) is 53.6 Å². The van der Waals surface area contributed by atoms with Gasteiger partial charge in [0.25, 0.3) is 0 Å². The number of hydrogen-bond acceptors (Lipinski definition) is 0. The van der Waals surface area contributed by atoms with E-state index in [4.69, 9.17) is 0 Å². The molecular formula is C25H32N2Ni. The van der Waals surface area contributed by atoms with Crippen molar-refractivity contribution in [2.75, 3.05) is 0 Å². The predicted octanol–water partition coefficient (Wildman–Crippen LogP) is 7.69. The molecule has 0 amide bonds. The molecule has 3 rings (SSSR count). The van der Waals surface area contributed by atoms with Crippen LogP contribution in [-0.2, 0) is 14.4 Å². The molecule has 0 radical (unpaired) electrons. The SMILES string of the molecule is CCC1=C(c2cc(C)cc(C)c2)[N+](=[N-])C(c2cc(C)cc(C)c2)=C1C.[CH3][Ni][CH3]. The summed E-state index contributed by atoms with van der Waals surface area (Å²) >= 11 is 1.62. The van der Waals surface area contributed by atoms with Gasteiger partial charge in [-0.3, -0.25) is 0 Å². The van der Waals surface area contributed by atoms with Gasteiger partial charge in [-0.1, -0.05) is 41.3 Å². The van der Waals surface area contributed by atoms with Gasteiger partial charge < -0.3 is 5.53 Å². The van der Waals surface area contributed by atoms with Crippen molar-refractivity contribution >= 4 is 11.4 Å². The third-order valence-electron chi connectivity index (χ3n) is 4.86. The summed E-state index contributed by atoms with van der Waals surface area (Å²) in [5.41, 5.74) is 22.3. The second kappa shape index (κ2) is 9.48. The Morgan fingerprint density at radius 2 is 1.07 bits per heavy atom. The van der Waals surface area contributed by atoms with Crippen molar-refractivity contribution in [2.45, 2.75) is 59.8 Å². The van der Waals surface area contributed by atoms with E-state index in [2.05, 4.69) is 89.7 Å². The minimum atomic E-state index is 0.888. The summed E-state index contributed by atoms with van der Waals surface area (Å²) in [6.07, 6.45) is 0.888. The Morgan fingerprint density at radius 1 is 0.714 bits per heavy atom. The Kier molecular flexibility index (Phi) is 7.55. The first-order valence-corrected chi connectivity index (χ1v) is 11.5. The molecule has 152 valence electrons. The van der Waals surface area contributed by atoms with Gasteiger partial charge in [0, 0.05) is 22.3 Å². The molecule has 0 aromatic heterocycles. The van der Waals surface area contributed by atoms with Gasteiger partial charge in [0.2, 0.25) is 11.4 Å². The molecule has 0 spiro atoms. The predicted molar refractivity (Wildman–Crippen MR) is 117 cm³/mol. The zero-order valence-corrected chi connectivity index (χ0v) is 19.4. The summed E-state index contributed by atoms with van der Waals surface area (Å²) in [6, 6.07) is 12.9. The summed E-state index contributed by atoms with van der Waals surface area (Å²) in [5.74, 6) is 4.12. The number of rotatable bonds is 3. The molecule has 1 aliphatic rings. The van der Waals surface area contributed by atoms with Crippen molar-refractivity contribution in [3.63, 3.8) is 0 Å². The van der Waals surface area contributed by atoms with Crippen LogP contribution in [-0.4, -0.2) is 4.70 Å². The molecule has 2 aromatic carbocycles. The van der Waals surface area contributed by atoms with E-state index in [0.717, 1.165) is 34.5 Å². The topological polar surface area (TPSA) is 25.3 Å². The van der Waals surface area contributed by atoms with Crippen LogP contribution in [0.25, 0.3) is 16.9 Å². The molecule has 1 heterocycles. The number of allylic oxidation sites excluding steroid dienone is 2. The number of aryl methyl sites for hydroxylation is 4. The Balaban J connectivity index is 0.000000878. The van der Waals surface area contributed by atoms with E-state index >= 15 is 0 Å². The van der Waals surface area contributed by atoms with Crippen LogP contribution in [0.3, 0.4) is 0 Å². The van der Waals surface area contributed by atoms with Gasteiger partial charge in [0.05, 0.1) is 0 Å². The third-order valence-corrected chi connectivity index (χ3v) is 4.86. The van der Waals surface area contributed by atoms with Crippen LogP contribution >= 0.6 is 0 Å². The van der Waals surface area contributed by atoms with E-state index in [1.807, 2.05) is 0 Å². The molecule has 0 saturated carbocycles. The van der Waals surface area contributed by atoms with Crippen LogP contribution in [0.15, 0.2) is 47.5 Å². The van der Waals surface area contributed by atoms with Gasteiger partial charge in [0.1, 0.15) is 0 Å². The summed E-state index contributed by atoms with van der Waals surface area (Å²) in [7, 11) is 0. The van der Waals surface area contributed by atoms with Crippen LogP contribution in [0.2, 0.25) is 11.8 Å². The Hall–Kier alpha value is -1.99. The van der Waals surface area contributed by atoms with E-state index < -0.39 is 0 Å². The fourth-order valence-corrected chi connectivity index (χ4v) is 4.01. The van der Waals surface area contributed by atoms with Gasteiger partial charge in [0.15, 0.2) is 0 Å². The fraction of sp³-hybridized carbons (Fsp3) is 0.360. The molecule has 1 aliphatic heterocycles. The van der Waals surface area contributed by atoms with E-state index in [1.54, 1.807) is 14.4 Å². The molecular weight excluding hydrogens is 387 g/mol. The van der Waals surface area contributed by atoms with Gasteiger partial charge in [-0.15, -0.1) is 0 Å². The average Bonchev–Trinajstić information content (AvgIpc) is 2.83. The molecule has 0 atom stereocenters. The molecule has 0 saturated heterocycles. The molecule has 28 heavy (non-hydrogen) atoms. The van der Waals surface area contributed by atoms with E-state index in [1.165, 1.54) is 32.5 Å². The Labute approximate surface area is 176 Å². The minimum absolute atomic E-state index is 0.888. The zero-order chi connectivity index (χ0) is 21.0. The number of nitrogens with zero attached hydrogens (tertiary/aromatic N) is 2. The molecule has 3 heteroatoms. The van der Waals surface area contributed by atoms with Crippen LogP contribution in [0, 0.1) is 27.7 Å². The van der Waals surface area contributed by atoms with Crippen LogP contribution in [0.5, 0.6) is 0 Å². The van der Waals surface area contributed by atoms with Crippen molar-refractivity contribution in [1.82, 2.24) is 0 Å². The van der Waals surface area contributed by atoms with Crippen molar-refractivity contribution in [1.29, 1.82) is 0 Å². The molecule has 0 fully saturated rings. The first kappa shape index (κ1) is 22.3. The average molecular weight is 419 g/mol. The summed E-state index contributed by atoms with van der Waals surface area (Å²) in [5, 5.41) is 0. The number of hydrogen-bond donors (Lipinski definition) is 0. The zero-order valence-electron chi connectivity index (χ0n) is 18.4. The normalized spacial score (nSPS) is 13.9. The first-order valence-electron chi connectivity index (χ1n) is 9.55. The summed E-state index contributed by atoms with van der Waals surface area (Å²) < 4.78 is 1.40. The maximum atomic E-state index is 11.1. The standard InChI is InChI=1S/C23H26N2.2CH3.Ni/c1-7-21-18(6)22(19-10-14(2)8-15(3)11-19)25(24)23(21)20-12-16(4)9-17(5)13-20;;;/h8-13H,7H2,1-6H3;2*1H3;. The molecule has 0 N–H and O–H groups in total. The van der Waals surface area contributed by atoms with E-state index in [9.17, 15) is 5.53 Å². The molecule has 0 unspecified atom stereocenters. The monoisotopic (exact) mass is 418 g/mol. The van der Waals surface area contributed by atoms with Crippen molar-refractivity contribution in [3.05, 3.63) is 86.5 Å². The third kappa shape index (κ3) is 4.70.